The molecule has 9 heteroatoms. The highest BCUT2D eigenvalue weighted by Crippen LogP contribution is 2.17. The number of rotatable bonds is 5. The zero-order valence-corrected chi connectivity index (χ0v) is 15.3. The van der Waals surface area contributed by atoms with Crippen molar-refractivity contribution in [2.75, 3.05) is 5.43 Å². The number of nitrogens with one attached hydrogen (secondary N) is 2. The first-order valence-electron chi connectivity index (χ1n) is 8.21. The van der Waals surface area contributed by atoms with Gasteiger partial charge in [0.25, 0.3) is 5.56 Å². The van der Waals surface area contributed by atoms with Crippen molar-refractivity contribution < 1.29 is 5.11 Å². The summed E-state index contributed by atoms with van der Waals surface area (Å²) in [6, 6.07) is 6.61. The van der Waals surface area contributed by atoms with Crippen LogP contribution in [0.3, 0.4) is 0 Å². The highest BCUT2D eigenvalue weighted by Gasteiger charge is 2.17. The Balaban J connectivity index is 2.09. The first kappa shape index (κ1) is 18.2. The van der Waals surface area contributed by atoms with Crippen molar-refractivity contribution in [2.45, 2.75) is 20.4 Å². The lowest BCUT2D eigenvalue weighted by atomic mass is 10.1. The van der Waals surface area contributed by atoms with E-state index in [4.69, 9.17) is 0 Å². The summed E-state index contributed by atoms with van der Waals surface area (Å²) in [4.78, 5) is 30.8. The maximum absolute atomic E-state index is 12.3. The normalized spacial score (nSPS) is 11.7. The SMILES string of the molecule is C=C(C)Cn1c(N/N=C(\C)c2ccc(O)cc2)nc2c1c(=O)[nH]c(=O)n2C. The number of aryl methyl sites for hydroxylation is 1. The van der Waals surface area contributed by atoms with Gasteiger partial charge in [-0.15, -0.1) is 0 Å². The van der Waals surface area contributed by atoms with Crippen molar-refractivity contribution in [3.8, 4) is 5.75 Å². The number of aromatic amines is 1. The van der Waals surface area contributed by atoms with Crippen LogP contribution in [0.2, 0.25) is 0 Å². The molecule has 0 bridgehead atoms. The average molecular weight is 368 g/mol. The number of nitrogens with zero attached hydrogens (tertiary/aromatic N) is 4. The molecule has 140 valence electrons. The van der Waals surface area contributed by atoms with Crippen molar-refractivity contribution in [2.24, 2.45) is 12.1 Å². The molecule has 3 aromatic rings. The zero-order valence-electron chi connectivity index (χ0n) is 15.3. The number of imidazole rings is 1. The van der Waals surface area contributed by atoms with E-state index < -0.39 is 11.2 Å². The van der Waals surface area contributed by atoms with E-state index in [0.717, 1.165) is 11.1 Å². The lowest BCUT2D eigenvalue weighted by Crippen LogP contribution is -2.29. The summed E-state index contributed by atoms with van der Waals surface area (Å²) in [6.45, 7) is 7.85. The predicted octanol–water partition coefficient (Wildman–Crippen LogP) is 1.54. The van der Waals surface area contributed by atoms with E-state index in [-0.39, 0.29) is 16.9 Å². The Morgan fingerprint density at radius 3 is 2.59 bits per heavy atom. The van der Waals surface area contributed by atoms with E-state index in [9.17, 15) is 14.7 Å². The van der Waals surface area contributed by atoms with Crippen LogP contribution in [0.5, 0.6) is 5.75 Å². The Labute approximate surface area is 154 Å². The molecule has 2 heterocycles. The molecule has 0 aliphatic heterocycles. The van der Waals surface area contributed by atoms with Gasteiger partial charge in [-0.2, -0.15) is 10.1 Å². The van der Waals surface area contributed by atoms with Crippen LogP contribution in [0.25, 0.3) is 11.2 Å². The van der Waals surface area contributed by atoms with Gasteiger partial charge in [0.2, 0.25) is 5.95 Å². The number of hydrogen-bond acceptors (Lipinski definition) is 6. The summed E-state index contributed by atoms with van der Waals surface area (Å²) in [6.07, 6.45) is 0. The minimum Gasteiger partial charge on any atom is -0.508 e. The molecule has 0 unspecified atom stereocenters. The molecule has 0 aliphatic rings. The minimum absolute atomic E-state index is 0.169. The molecule has 0 saturated heterocycles. The fourth-order valence-electron chi connectivity index (χ4n) is 2.64. The minimum atomic E-state index is -0.539. The van der Waals surface area contributed by atoms with Crippen LogP contribution in [0.4, 0.5) is 5.95 Å². The lowest BCUT2D eigenvalue weighted by Gasteiger charge is -2.08. The first-order chi connectivity index (χ1) is 12.8. The van der Waals surface area contributed by atoms with Gasteiger partial charge in [0, 0.05) is 13.6 Å². The topological polar surface area (TPSA) is 117 Å². The van der Waals surface area contributed by atoms with Crippen LogP contribution in [-0.2, 0) is 13.6 Å². The lowest BCUT2D eigenvalue weighted by molar-refractivity contribution is 0.475. The van der Waals surface area contributed by atoms with Gasteiger partial charge in [0.05, 0.1) is 5.71 Å². The largest absolute Gasteiger partial charge is 0.508 e. The van der Waals surface area contributed by atoms with Crippen molar-refractivity contribution in [1.82, 2.24) is 19.1 Å². The van der Waals surface area contributed by atoms with E-state index in [1.807, 2.05) is 6.92 Å². The Morgan fingerprint density at radius 2 is 1.96 bits per heavy atom. The molecule has 0 saturated carbocycles. The number of hydrogen-bond donors (Lipinski definition) is 3. The quantitative estimate of drug-likeness (QED) is 0.359. The molecule has 0 aliphatic carbocycles. The zero-order chi connectivity index (χ0) is 19.7. The Morgan fingerprint density at radius 1 is 1.30 bits per heavy atom. The molecule has 27 heavy (non-hydrogen) atoms. The van der Waals surface area contributed by atoms with Gasteiger partial charge in [-0.05, 0) is 43.7 Å². The number of phenols is 1. The number of aromatic hydroxyl groups is 1. The molecular weight excluding hydrogens is 348 g/mol. The summed E-state index contributed by atoms with van der Waals surface area (Å²) < 4.78 is 2.90. The van der Waals surface area contributed by atoms with Crippen molar-refractivity contribution >= 4 is 22.8 Å². The maximum atomic E-state index is 12.3. The molecule has 0 atom stereocenters. The molecule has 0 spiro atoms. The van der Waals surface area contributed by atoms with E-state index in [1.54, 1.807) is 35.8 Å². The van der Waals surface area contributed by atoms with E-state index >= 15 is 0 Å². The molecule has 0 amide bonds. The monoisotopic (exact) mass is 368 g/mol. The van der Waals surface area contributed by atoms with Gasteiger partial charge in [-0.1, -0.05) is 12.2 Å². The van der Waals surface area contributed by atoms with Crippen LogP contribution in [0.1, 0.15) is 19.4 Å². The van der Waals surface area contributed by atoms with Crippen LogP contribution in [0.15, 0.2) is 51.1 Å². The molecule has 3 N–H and O–H groups in total. The number of benzene rings is 1. The third kappa shape index (κ3) is 3.52. The van der Waals surface area contributed by atoms with Gasteiger partial charge in [-0.25, -0.2) is 10.2 Å². The van der Waals surface area contributed by atoms with E-state index in [1.165, 1.54) is 11.6 Å². The first-order valence-corrected chi connectivity index (χ1v) is 8.21. The number of H-pyrrole nitrogens is 1. The standard InChI is InChI=1S/C18H20N6O3/c1-10(2)9-24-14-15(23(4)18(27)20-16(14)26)19-17(24)22-21-11(3)12-5-7-13(25)8-6-12/h5-8,25H,1,9H2,2-4H3,(H,19,22)(H,20,26,27)/b21-11+. The van der Waals surface area contributed by atoms with Crippen molar-refractivity contribution in [1.29, 1.82) is 0 Å². The molecule has 0 fully saturated rings. The summed E-state index contributed by atoms with van der Waals surface area (Å²) in [5.74, 6) is 0.487. The molecule has 1 aromatic carbocycles. The van der Waals surface area contributed by atoms with Crippen molar-refractivity contribution in [3.63, 3.8) is 0 Å². The van der Waals surface area contributed by atoms with Crippen LogP contribution in [0, 0.1) is 0 Å². The highest BCUT2D eigenvalue weighted by atomic mass is 16.3. The maximum Gasteiger partial charge on any atom is 0.329 e. The number of allylic oxidation sites excluding steroid dienone is 1. The number of anilines is 1. The second-order valence-electron chi connectivity index (χ2n) is 6.33. The number of hydrazone groups is 1. The molecular formula is C18H20N6O3. The van der Waals surface area contributed by atoms with Crippen LogP contribution >= 0.6 is 0 Å². The van der Waals surface area contributed by atoms with Gasteiger partial charge >= 0.3 is 5.69 Å². The predicted molar refractivity (Wildman–Crippen MR) is 104 cm³/mol. The highest BCUT2D eigenvalue weighted by molar-refractivity contribution is 5.99. The third-order valence-corrected chi connectivity index (χ3v) is 4.04. The molecule has 9 nitrogen and oxygen atoms in total. The van der Waals surface area contributed by atoms with E-state index in [0.29, 0.717) is 18.2 Å². The number of phenolic OH excluding ortho intramolecular Hbond substituents is 1. The average Bonchev–Trinajstić information content (AvgIpc) is 2.96. The fourth-order valence-corrected chi connectivity index (χ4v) is 2.64. The number of aromatic nitrogens is 4. The van der Waals surface area contributed by atoms with Gasteiger partial charge in [0.1, 0.15) is 5.75 Å². The van der Waals surface area contributed by atoms with Crippen molar-refractivity contribution in [3.05, 3.63) is 62.8 Å². The third-order valence-electron chi connectivity index (χ3n) is 4.04. The number of fused-ring (bicyclic) bond motifs is 1. The summed E-state index contributed by atoms with van der Waals surface area (Å²) in [7, 11) is 1.54. The second-order valence-corrected chi connectivity index (χ2v) is 6.33. The molecule has 3 rings (SSSR count). The van der Waals surface area contributed by atoms with Gasteiger partial charge in [-0.3, -0.25) is 18.9 Å². The molecule has 0 radical (unpaired) electrons. The smallest absolute Gasteiger partial charge is 0.329 e. The van der Waals surface area contributed by atoms with Gasteiger partial charge < -0.3 is 5.11 Å². The van der Waals surface area contributed by atoms with Crippen LogP contribution < -0.4 is 16.7 Å². The Hall–Kier alpha value is -3.62. The fraction of sp³-hybridized carbons (Fsp3) is 0.222. The van der Waals surface area contributed by atoms with E-state index in [2.05, 4.69) is 27.1 Å². The summed E-state index contributed by atoms with van der Waals surface area (Å²) in [5.41, 5.74) is 4.61. The van der Waals surface area contributed by atoms with Gasteiger partial charge in [0.15, 0.2) is 11.2 Å². The van der Waals surface area contributed by atoms with Crippen LogP contribution in [-0.4, -0.2) is 29.9 Å². The Kier molecular flexibility index (Phi) is 4.68. The summed E-state index contributed by atoms with van der Waals surface area (Å²) >= 11 is 0. The molecule has 2 aromatic heterocycles. The summed E-state index contributed by atoms with van der Waals surface area (Å²) in [5, 5.41) is 13.7. The Bertz CT molecular complexity index is 1160. The second kappa shape index (κ2) is 6.94.